The van der Waals surface area contributed by atoms with E-state index >= 15 is 0 Å². The van der Waals surface area contributed by atoms with Gasteiger partial charge in [-0.05, 0) is 19.4 Å². The fourth-order valence-corrected chi connectivity index (χ4v) is 1.93. The standard InChI is InChI=1S/C14H18N2O2/c1-3-17-8-7-12-13(14(15)18-16-12)11-6-4-5-10(2)9-11/h4-6,9H,3,7-8,15H2,1-2H3. The maximum atomic E-state index is 5.86. The lowest BCUT2D eigenvalue weighted by molar-refractivity contribution is 0.149. The molecule has 0 atom stereocenters. The molecule has 0 unspecified atom stereocenters. The minimum atomic E-state index is 0.368. The molecule has 0 aliphatic heterocycles. The Morgan fingerprint density at radius 3 is 2.94 bits per heavy atom. The molecule has 0 radical (unpaired) electrons. The van der Waals surface area contributed by atoms with E-state index in [2.05, 4.69) is 11.2 Å². The van der Waals surface area contributed by atoms with E-state index < -0.39 is 0 Å². The van der Waals surface area contributed by atoms with Gasteiger partial charge in [-0.1, -0.05) is 35.0 Å². The third-order valence-electron chi connectivity index (χ3n) is 2.78. The molecule has 0 aliphatic carbocycles. The maximum Gasteiger partial charge on any atom is 0.230 e. The molecular formula is C14H18N2O2. The zero-order valence-electron chi connectivity index (χ0n) is 10.8. The molecule has 0 bridgehead atoms. The van der Waals surface area contributed by atoms with Crippen LogP contribution in [0.4, 0.5) is 5.88 Å². The van der Waals surface area contributed by atoms with E-state index in [9.17, 15) is 0 Å². The SMILES string of the molecule is CCOCCc1noc(N)c1-c1cccc(C)c1. The molecule has 0 amide bonds. The molecule has 2 aromatic rings. The highest BCUT2D eigenvalue weighted by Gasteiger charge is 2.15. The van der Waals surface area contributed by atoms with E-state index in [0.717, 1.165) is 16.8 Å². The first-order valence-electron chi connectivity index (χ1n) is 6.11. The fraction of sp³-hybridized carbons (Fsp3) is 0.357. The minimum absolute atomic E-state index is 0.368. The topological polar surface area (TPSA) is 61.3 Å². The molecule has 4 heteroatoms. The van der Waals surface area contributed by atoms with Crippen molar-refractivity contribution < 1.29 is 9.26 Å². The van der Waals surface area contributed by atoms with Crippen LogP contribution in [-0.4, -0.2) is 18.4 Å². The number of aromatic nitrogens is 1. The Hall–Kier alpha value is -1.81. The lowest BCUT2D eigenvalue weighted by Gasteiger charge is -2.04. The highest BCUT2D eigenvalue weighted by Crippen LogP contribution is 2.30. The number of nitrogen functional groups attached to an aromatic ring is 1. The van der Waals surface area contributed by atoms with Gasteiger partial charge in [-0.3, -0.25) is 0 Å². The molecular weight excluding hydrogens is 228 g/mol. The molecule has 0 saturated heterocycles. The van der Waals surface area contributed by atoms with Crippen LogP contribution >= 0.6 is 0 Å². The molecule has 1 aromatic heterocycles. The van der Waals surface area contributed by atoms with Gasteiger partial charge in [0.1, 0.15) is 0 Å². The number of benzene rings is 1. The molecule has 96 valence electrons. The van der Waals surface area contributed by atoms with Crippen molar-refractivity contribution in [2.24, 2.45) is 0 Å². The number of ether oxygens (including phenoxy) is 1. The molecule has 1 heterocycles. The summed E-state index contributed by atoms with van der Waals surface area (Å²) in [5.41, 5.74) is 9.82. The fourth-order valence-electron chi connectivity index (χ4n) is 1.93. The second-order valence-corrected chi connectivity index (χ2v) is 4.18. The van der Waals surface area contributed by atoms with Gasteiger partial charge in [0.2, 0.25) is 5.88 Å². The lowest BCUT2D eigenvalue weighted by atomic mass is 10.0. The molecule has 4 nitrogen and oxygen atoms in total. The summed E-state index contributed by atoms with van der Waals surface area (Å²) in [6.45, 7) is 5.35. The van der Waals surface area contributed by atoms with Crippen molar-refractivity contribution in [3.8, 4) is 11.1 Å². The van der Waals surface area contributed by atoms with Gasteiger partial charge in [-0.2, -0.15) is 0 Å². The number of nitrogens with zero attached hydrogens (tertiary/aromatic N) is 1. The highest BCUT2D eigenvalue weighted by atomic mass is 16.5. The lowest BCUT2D eigenvalue weighted by Crippen LogP contribution is -2.00. The van der Waals surface area contributed by atoms with Gasteiger partial charge < -0.3 is 15.0 Å². The summed E-state index contributed by atoms with van der Waals surface area (Å²) in [5.74, 6) is 0.368. The molecule has 18 heavy (non-hydrogen) atoms. The number of aryl methyl sites for hydroxylation is 1. The van der Waals surface area contributed by atoms with Gasteiger partial charge in [0, 0.05) is 13.0 Å². The number of hydrogen-bond acceptors (Lipinski definition) is 4. The number of hydrogen-bond donors (Lipinski definition) is 1. The molecule has 0 fully saturated rings. The highest BCUT2D eigenvalue weighted by molar-refractivity contribution is 5.75. The molecule has 0 aliphatic rings. The van der Waals surface area contributed by atoms with E-state index in [4.69, 9.17) is 15.0 Å². The average molecular weight is 246 g/mol. The van der Waals surface area contributed by atoms with Crippen molar-refractivity contribution in [2.45, 2.75) is 20.3 Å². The summed E-state index contributed by atoms with van der Waals surface area (Å²) >= 11 is 0. The largest absolute Gasteiger partial charge is 0.381 e. The summed E-state index contributed by atoms with van der Waals surface area (Å²) < 4.78 is 10.4. The third kappa shape index (κ3) is 2.71. The second-order valence-electron chi connectivity index (χ2n) is 4.18. The Morgan fingerprint density at radius 1 is 1.39 bits per heavy atom. The predicted octanol–water partition coefficient (Wildman–Crippen LogP) is 2.81. The summed E-state index contributed by atoms with van der Waals surface area (Å²) in [6, 6.07) is 8.14. The number of anilines is 1. The smallest absolute Gasteiger partial charge is 0.230 e. The molecule has 2 rings (SSSR count). The Balaban J connectivity index is 2.29. The van der Waals surface area contributed by atoms with E-state index in [1.807, 2.05) is 32.0 Å². The van der Waals surface area contributed by atoms with Crippen molar-refractivity contribution in [1.29, 1.82) is 0 Å². The van der Waals surface area contributed by atoms with Crippen LogP contribution < -0.4 is 5.73 Å². The summed E-state index contributed by atoms with van der Waals surface area (Å²) in [6.07, 6.45) is 0.706. The van der Waals surface area contributed by atoms with Crippen molar-refractivity contribution >= 4 is 5.88 Å². The number of rotatable bonds is 5. The van der Waals surface area contributed by atoms with Crippen LogP contribution in [0.15, 0.2) is 28.8 Å². The minimum Gasteiger partial charge on any atom is -0.381 e. The maximum absolute atomic E-state index is 5.86. The first-order valence-corrected chi connectivity index (χ1v) is 6.11. The van der Waals surface area contributed by atoms with Gasteiger partial charge in [-0.15, -0.1) is 0 Å². The van der Waals surface area contributed by atoms with Crippen LogP contribution in [0.3, 0.4) is 0 Å². The van der Waals surface area contributed by atoms with Crippen molar-refractivity contribution in [3.05, 3.63) is 35.5 Å². The van der Waals surface area contributed by atoms with Crippen LogP contribution in [0, 0.1) is 6.92 Å². The second kappa shape index (κ2) is 5.69. The van der Waals surface area contributed by atoms with Gasteiger partial charge in [0.15, 0.2) is 0 Å². The van der Waals surface area contributed by atoms with Crippen molar-refractivity contribution in [3.63, 3.8) is 0 Å². The van der Waals surface area contributed by atoms with Gasteiger partial charge in [-0.25, -0.2) is 0 Å². The molecule has 0 saturated carbocycles. The normalized spacial score (nSPS) is 10.8. The van der Waals surface area contributed by atoms with E-state index in [1.165, 1.54) is 5.56 Å². The Morgan fingerprint density at radius 2 is 2.22 bits per heavy atom. The Bertz CT molecular complexity index is 520. The number of nitrogens with two attached hydrogens (primary N) is 1. The predicted molar refractivity (Wildman–Crippen MR) is 71.3 cm³/mol. The Kier molecular flexibility index (Phi) is 3.99. The van der Waals surface area contributed by atoms with Gasteiger partial charge >= 0.3 is 0 Å². The first kappa shape index (κ1) is 12.6. The average Bonchev–Trinajstić information content (AvgIpc) is 2.71. The quantitative estimate of drug-likeness (QED) is 0.824. The summed E-state index contributed by atoms with van der Waals surface area (Å²) in [5, 5.41) is 4.01. The van der Waals surface area contributed by atoms with Crippen molar-refractivity contribution in [1.82, 2.24) is 5.16 Å². The third-order valence-corrected chi connectivity index (χ3v) is 2.78. The zero-order valence-corrected chi connectivity index (χ0v) is 10.8. The van der Waals surface area contributed by atoms with Crippen LogP contribution in [0.2, 0.25) is 0 Å². The Labute approximate surface area is 107 Å². The molecule has 2 N–H and O–H groups in total. The molecule has 0 spiro atoms. The zero-order chi connectivity index (χ0) is 13.0. The molecule has 1 aromatic carbocycles. The summed E-state index contributed by atoms with van der Waals surface area (Å²) in [4.78, 5) is 0. The van der Waals surface area contributed by atoms with Crippen LogP contribution in [0.1, 0.15) is 18.2 Å². The van der Waals surface area contributed by atoms with Gasteiger partial charge in [0.25, 0.3) is 0 Å². The van der Waals surface area contributed by atoms with Crippen LogP contribution in [0.5, 0.6) is 0 Å². The van der Waals surface area contributed by atoms with Gasteiger partial charge in [0.05, 0.1) is 17.9 Å². The van der Waals surface area contributed by atoms with Crippen molar-refractivity contribution in [2.75, 3.05) is 18.9 Å². The van der Waals surface area contributed by atoms with E-state index in [1.54, 1.807) is 0 Å². The first-order chi connectivity index (χ1) is 8.72. The van der Waals surface area contributed by atoms with E-state index in [-0.39, 0.29) is 0 Å². The van der Waals surface area contributed by atoms with Crippen LogP contribution in [-0.2, 0) is 11.2 Å². The van der Waals surface area contributed by atoms with Crippen LogP contribution in [0.25, 0.3) is 11.1 Å². The van der Waals surface area contributed by atoms with E-state index in [0.29, 0.717) is 25.5 Å². The summed E-state index contributed by atoms with van der Waals surface area (Å²) in [7, 11) is 0. The monoisotopic (exact) mass is 246 g/mol.